The van der Waals surface area contributed by atoms with Crippen LogP contribution < -0.4 is 14.6 Å². The summed E-state index contributed by atoms with van der Waals surface area (Å²) < 4.78 is 34.7. The molecular formula is C14H15IN2O4S. The second kappa shape index (κ2) is 6.80. The van der Waals surface area contributed by atoms with E-state index in [-0.39, 0.29) is 5.03 Å². The third-order valence-corrected chi connectivity index (χ3v) is 4.99. The molecular weight excluding hydrogens is 419 g/mol. The number of halogens is 1. The Kier molecular flexibility index (Phi) is 5.24. The molecule has 2 aromatic rings. The van der Waals surface area contributed by atoms with Gasteiger partial charge in [0, 0.05) is 27.8 Å². The number of aromatic nitrogens is 1. The maximum atomic E-state index is 11.7. The minimum absolute atomic E-state index is 0.114. The fourth-order valence-electron chi connectivity index (χ4n) is 2.04. The summed E-state index contributed by atoms with van der Waals surface area (Å²) in [7, 11) is -0.774. The van der Waals surface area contributed by atoms with Crippen LogP contribution in [0.2, 0.25) is 0 Å². The molecule has 8 heteroatoms. The van der Waals surface area contributed by atoms with E-state index in [4.69, 9.17) is 14.6 Å². The van der Waals surface area contributed by atoms with Crippen molar-refractivity contribution in [1.82, 2.24) is 4.98 Å². The average Bonchev–Trinajstić information content (AvgIpc) is 2.48. The van der Waals surface area contributed by atoms with Gasteiger partial charge in [0.25, 0.3) is 10.0 Å². The molecule has 2 N–H and O–H groups in total. The van der Waals surface area contributed by atoms with Crippen molar-refractivity contribution >= 4 is 32.6 Å². The SMILES string of the molecule is COc1ccc(Cc2c(I)ccnc2S(N)(=O)=O)c(OC)c1. The molecule has 0 bridgehead atoms. The number of benzene rings is 1. The third-order valence-electron chi connectivity index (χ3n) is 3.09. The van der Waals surface area contributed by atoms with Gasteiger partial charge in [-0.3, -0.25) is 0 Å². The largest absolute Gasteiger partial charge is 0.497 e. The molecule has 1 aromatic carbocycles. The fraction of sp³-hybridized carbons (Fsp3) is 0.214. The molecule has 0 aliphatic heterocycles. The van der Waals surface area contributed by atoms with Crippen molar-refractivity contribution in [2.24, 2.45) is 5.14 Å². The van der Waals surface area contributed by atoms with E-state index in [1.165, 1.54) is 6.20 Å². The number of hydrogen-bond acceptors (Lipinski definition) is 5. The first-order valence-corrected chi connectivity index (χ1v) is 8.86. The Morgan fingerprint density at radius 3 is 2.55 bits per heavy atom. The Bertz CT molecular complexity index is 793. The third kappa shape index (κ3) is 3.68. The standard InChI is InChI=1S/C14H15IN2O4S/c1-20-10-4-3-9(13(8-10)21-2)7-11-12(15)5-6-17-14(11)22(16,18)19/h3-6,8H,7H2,1-2H3,(H2,16,18,19). The van der Waals surface area contributed by atoms with Crippen molar-refractivity contribution in [2.75, 3.05) is 14.2 Å². The van der Waals surface area contributed by atoms with Crippen LogP contribution in [0.25, 0.3) is 0 Å². The summed E-state index contributed by atoms with van der Waals surface area (Å²) in [6.07, 6.45) is 1.77. The van der Waals surface area contributed by atoms with Gasteiger partial charge in [-0.15, -0.1) is 0 Å². The van der Waals surface area contributed by atoms with Gasteiger partial charge in [-0.1, -0.05) is 6.07 Å². The zero-order valence-electron chi connectivity index (χ0n) is 12.0. The number of methoxy groups -OCH3 is 2. The van der Waals surface area contributed by atoms with Crippen LogP contribution in [0.4, 0.5) is 0 Å². The highest BCUT2D eigenvalue weighted by Crippen LogP contribution is 2.29. The van der Waals surface area contributed by atoms with E-state index < -0.39 is 10.0 Å². The van der Waals surface area contributed by atoms with Gasteiger partial charge in [0.1, 0.15) is 11.5 Å². The molecule has 1 aromatic heterocycles. The van der Waals surface area contributed by atoms with Gasteiger partial charge < -0.3 is 9.47 Å². The van der Waals surface area contributed by atoms with Crippen LogP contribution in [-0.4, -0.2) is 27.6 Å². The fourth-order valence-corrected chi connectivity index (χ4v) is 3.57. The van der Waals surface area contributed by atoms with Gasteiger partial charge in [-0.05, 0) is 40.3 Å². The maximum absolute atomic E-state index is 11.7. The molecule has 0 saturated carbocycles. The topological polar surface area (TPSA) is 91.5 Å². The molecule has 6 nitrogen and oxygen atoms in total. The monoisotopic (exact) mass is 434 g/mol. The quantitative estimate of drug-likeness (QED) is 0.727. The van der Waals surface area contributed by atoms with Gasteiger partial charge in [-0.2, -0.15) is 0 Å². The molecule has 0 aliphatic carbocycles. The highest BCUT2D eigenvalue weighted by molar-refractivity contribution is 14.1. The van der Waals surface area contributed by atoms with Crippen molar-refractivity contribution in [2.45, 2.75) is 11.4 Å². The van der Waals surface area contributed by atoms with E-state index in [0.717, 1.165) is 9.13 Å². The van der Waals surface area contributed by atoms with E-state index in [0.29, 0.717) is 23.5 Å². The molecule has 0 atom stereocenters. The second-order valence-electron chi connectivity index (χ2n) is 4.48. The number of rotatable bonds is 5. The van der Waals surface area contributed by atoms with Gasteiger partial charge >= 0.3 is 0 Å². The van der Waals surface area contributed by atoms with Crippen LogP contribution in [0.15, 0.2) is 35.5 Å². The molecule has 22 heavy (non-hydrogen) atoms. The average molecular weight is 434 g/mol. The first kappa shape index (κ1) is 17.0. The van der Waals surface area contributed by atoms with Crippen molar-refractivity contribution in [1.29, 1.82) is 0 Å². The number of primary sulfonamides is 1. The predicted molar refractivity (Wildman–Crippen MR) is 90.7 cm³/mol. The summed E-state index contributed by atoms with van der Waals surface area (Å²) in [5.74, 6) is 1.27. The van der Waals surface area contributed by atoms with Crippen molar-refractivity contribution in [3.63, 3.8) is 0 Å². The Balaban J connectivity index is 2.52. The molecule has 0 fully saturated rings. The lowest BCUT2D eigenvalue weighted by Gasteiger charge is -2.13. The van der Waals surface area contributed by atoms with Gasteiger partial charge in [0.15, 0.2) is 5.03 Å². The summed E-state index contributed by atoms with van der Waals surface area (Å²) in [6, 6.07) is 7.10. The number of nitrogens with two attached hydrogens (primary N) is 1. The van der Waals surface area contributed by atoms with E-state index in [2.05, 4.69) is 27.6 Å². The lowest BCUT2D eigenvalue weighted by atomic mass is 10.1. The number of hydrogen-bond donors (Lipinski definition) is 1. The minimum atomic E-state index is -3.89. The predicted octanol–water partition coefficient (Wildman–Crippen LogP) is 1.94. The lowest BCUT2D eigenvalue weighted by molar-refractivity contribution is 0.391. The molecule has 118 valence electrons. The lowest BCUT2D eigenvalue weighted by Crippen LogP contribution is -2.17. The van der Waals surface area contributed by atoms with E-state index >= 15 is 0 Å². The highest BCUT2D eigenvalue weighted by atomic mass is 127. The van der Waals surface area contributed by atoms with Crippen LogP contribution in [0.5, 0.6) is 11.5 Å². The number of sulfonamides is 1. The Labute approximate surface area is 142 Å². The maximum Gasteiger partial charge on any atom is 0.255 e. The highest BCUT2D eigenvalue weighted by Gasteiger charge is 2.19. The number of pyridine rings is 1. The van der Waals surface area contributed by atoms with E-state index in [9.17, 15) is 8.42 Å². The zero-order valence-corrected chi connectivity index (χ0v) is 15.0. The van der Waals surface area contributed by atoms with Gasteiger partial charge in [0.05, 0.1) is 14.2 Å². The number of ether oxygens (including phenoxy) is 2. The number of nitrogens with zero attached hydrogens (tertiary/aromatic N) is 1. The van der Waals surface area contributed by atoms with E-state index in [1.54, 1.807) is 32.4 Å². The Morgan fingerprint density at radius 1 is 1.23 bits per heavy atom. The molecule has 0 spiro atoms. The van der Waals surface area contributed by atoms with Crippen molar-refractivity contribution < 1.29 is 17.9 Å². The summed E-state index contributed by atoms with van der Waals surface area (Å²) in [4.78, 5) is 3.91. The molecule has 2 rings (SSSR count). The van der Waals surface area contributed by atoms with Gasteiger partial charge in [0.2, 0.25) is 0 Å². The minimum Gasteiger partial charge on any atom is -0.497 e. The first-order valence-electron chi connectivity index (χ1n) is 6.24. The smallest absolute Gasteiger partial charge is 0.255 e. The zero-order chi connectivity index (χ0) is 16.3. The van der Waals surface area contributed by atoms with Crippen LogP contribution in [-0.2, 0) is 16.4 Å². The molecule has 1 heterocycles. The van der Waals surface area contributed by atoms with Crippen LogP contribution in [0.1, 0.15) is 11.1 Å². The van der Waals surface area contributed by atoms with Crippen LogP contribution in [0, 0.1) is 3.57 Å². The molecule has 0 aliphatic rings. The summed E-state index contributed by atoms with van der Waals surface area (Å²) in [5, 5.41) is 5.14. The van der Waals surface area contributed by atoms with Crippen LogP contribution in [0.3, 0.4) is 0 Å². The Hall–Kier alpha value is -1.39. The van der Waals surface area contributed by atoms with E-state index in [1.807, 2.05) is 6.07 Å². The molecule has 0 radical (unpaired) electrons. The molecule has 0 amide bonds. The summed E-state index contributed by atoms with van der Waals surface area (Å²) >= 11 is 2.07. The van der Waals surface area contributed by atoms with Crippen LogP contribution >= 0.6 is 22.6 Å². The molecule has 0 unspecified atom stereocenters. The Morgan fingerprint density at radius 2 is 1.95 bits per heavy atom. The first-order chi connectivity index (χ1) is 10.4. The normalized spacial score (nSPS) is 11.3. The summed E-state index contributed by atoms with van der Waals surface area (Å²) in [5.41, 5.74) is 1.37. The summed E-state index contributed by atoms with van der Waals surface area (Å²) in [6.45, 7) is 0. The second-order valence-corrected chi connectivity index (χ2v) is 7.11. The molecule has 0 saturated heterocycles. The van der Waals surface area contributed by atoms with Crippen molar-refractivity contribution in [3.05, 3.63) is 45.2 Å². The van der Waals surface area contributed by atoms with Crippen molar-refractivity contribution in [3.8, 4) is 11.5 Å². The van der Waals surface area contributed by atoms with Gasteiger partial charge in [-0.25, -0.2) is 18.5 Å².